The largest absolute Gasteiger partial charge is 0.312 e. The van der Waals surface area contributed by atoms with Crippen LogP contribution in [0.4, 0.5) is 0 Å². The molecule has 29 heavy (non-hydrogen) atoms. The number of halogens is 1. The first-order chi connectivity index (χ1) is 13.8. The van der Waals surface area contributed by atoms with Crippen LogP contribution in [-0.4, -0.2) is 16.6 Å². The van der Waals surface area contributed by atoms with Crippen LogP contribution in [0.1, 0.15) is 64.4 Å². The van der Waals surface area contributed by atoms with E-state index in [1.807, 2.05) is 29.2 Å². The van der Waals surface area contributed by atoms with Crippen molar-refractivity contribution >= 4 is 23.3 Å². The van der Waals surface area contributed by atoms with Crippen LogP contribution in [0.2, 0.25) is 5.02 Å². The minimum atomic E-state index is -0.101. The summed E-state index contributed by atoms with van der Waals surface area (Å²) in [6.07, 6.45) is 8.86. The summed E-state index contributed by atoms with van der Waals surface area (Å²) < 4.78 is 0. The molecule has 1 aromatic carbocycles. The highest BCUT2D eigenvalue weighted by atomic mass is 35.5. The average Bonchev–Trinajstić information content (AvgIpc) is 3.01. The van der Waals surface area contributed by atoms with Gasteiger partial charge in [0, 0.05) is 34.4 Å². The fourth-order valence-corrected chi connectivity index (χ4v) is 7.29. The van der Waals surface area contributed by atoms with Gasteiger partial charge in [0.25, 0.3) is 0 Å². The van der Waals surface area contributed by atoms with Gasteiger partial charge in [-0.15, -0.1) is 0 Å². The number of rotatable bonds is 2. The maximum Gasteiger partial charge on any atom is 0.227 e. The van der Waals surface area contributed by atoms with Gasteiger partial charge in [-0.25, -0.2) is 0 Å². The maximum atomic E-state index is 12.9. The number of ketones is 1. The lowest BCUT2D eigenvalue weighted by Crippen LogP contribution is -2.54. The smallest absolute Gasteiger partial charge is 0.227 e. The highest BCUT2D eigenvalue weighted by molar-refractivity contribution is 6.30. The molecule has 1 saturated heterocycles. The van der Waals surface area contributed by atoms with Gasteiger partial charge in [0.05, 0.1) is 6.54 Å². The Morgan fingerprint density at radius 1 is 1.00 bits per heavy atom. The number of amides is 1. The Morgan fingerprint density at radius 2 is 1.72 bits per heavy atom. The van der Waals surface area contributed by atoms with E-state index in [0.717, 1.165) is 49.1 Å². The van der Waals surface area contributed by atoms with Crippen LogP contribution in [-0.2, 0) is 16.1 Å². The summed E-state index contributed by atoms with van der Waals surface area (Å²) in [7, 11) is 0. The monoisotopic (exact) mass is 411 g/mol. The second-order valence-corrected chi connectivity index (χ2v) is 10.6. The fourth-order valence-electron chi connectivity index (χ4n) is 7.16. The normalized spacial score (nSPS) is 38.9. The highest BCUT2D eigenvalue weighted by Gasteiger charge is 2.59. The molecule has 0 bridgehead atoms. The summed E-state index contributed by atoms with van der Waals surface area (Å²) in [5.74, 6) is 2.40. The zero-order valence-corrected chi connectivity index (χ0v) is 18.2. The van der Waals surface area contributed by atoms with E-state index in [9.17, 15) is 9.59 Å². The lowest BCUT2D eigenvalue weighted by Gasteiger charge is -2.57. The molecule has 5 atom stereocenters. The summed E-state index contributed by atoms with van der Waals surface area (Å²) >= 11 is 6.04. The minimum Gasteiger partial charge on any atom is -0.312 e. The summed E-state index contributed by atoms with van der Waals surface area (Å²) in [5, 5.41) is 0.722. The number of piperidine rings is 1. The molecule has 1 heterocycles. The molecule has 2 saturated carbocycles. The van der Waals surface area contributed by atoms with E-state index >= 15 is 0 Å². The van der Waals surface area contributed by atoms with Crippen molar-refractivity contribution in [2.45, 2.75) is 65.3 Å². The summed E-state index contributed by atoms with van der Waals surface area (Å²) in [6.45, 7) is 5.23. The molecular weight excluding hydrogens is 382 g/mol. The first kappa shape index (κ1) is 19.4. The number of Topliss-reactive ketones (excluding diaryl/α,β-unsaturated/α-hetero) is 1. The molecule has 3 fully saturated rings. The molecule has 5 rings (SSSR count). The Hall–Kier alpha value is -1.61. The van der Waals surface area contributed by atoms with E-state index in [-0.39, 0.29) is 16.7 Å². The van der Waals surface area contributed by atoms with Gasteiger partial charge in [-0.2, -0.15) is 0 Å². The molecule has 4 heteroatoms. The molecule has 1 amide bonds. The molecule has 0 radical (unpaired) electrons. The number of carbonyl (C=O) groups is 2. The van der Waals surface area contributed by atoms with Gasteiger partial charge < -0.3 is 4.90 Å². The van der Waals surface area contributed by atoms with Crippen LogP contribution in [0.15, 0.2) is 36.0 Å². The molecule has 0 spiro atoms. The number of allylic oxidation sites excluding steroid dienone is 2. The molecule has 0 N–H and O–H groups in total. The Labute approximate surface area is 178 Å². The zero-order valence-electron chi connectivity index (χ0n) is 17.4. The summed E-state index contributed by atoms with van der Waals surface area (Å²) in [6, 6.07) is 7.83. The third-order valence-corrected chi connectivity index (χ3v) is 9.09. The predicted molar refractivity (Wildman–Crippen MR) is 114 cm³/mol. The second-order valence-electron chi connectivity index (χ2n) is 10.1. The van der Waals surface area contributed by atoms with Gasteiger partial charge in [-0.1, -0.05) is 43.7 Å². The Kier molecular flexibility index (Phi) is 4.47. The Balaban J connectivity index is 1.47. The van der Waals surface area contributed by atoms with Crippen molar-refractivity contribution in [2.24, 2.45) is 28.6 Å². The van der Waals surface area contributed by atoms with Gasteiger partial charge >= 0.3 is 0 Å². The zero-order chi connectivity index (χ0) is 20.4. The molecule has 0 aromatic heterocycles. The van der Waals surface area contributed by atoms with Gasteiger partial charge in [-0.3, -0.25) is 9.59 Å². The maximum absolute atomic E-state index is 12.9. The fraction of sp³-hybridized carbons (Fsp3) is 0.600. The van der Waals surface area contributed by atoms with E-state index in [1.165, 1.54) is 5.70 Å². The highest BCUT2D eigenvalue weighted by Crippen LogP contribution is 2.63. The molecular formula is C25H30ClNO2. The Morgan fingerprint density at radius 3 is 2.48 bits per heavy atom. The van der Waals surface area contributed by atoms with Crippen molar-refractivity contribution in [1.82, 2.24) is 4.90 Å². The van der Waals surface area contributed by atoms with Crippen LogP contribution >= 0.6 is 11.6 Å². The summed E-state index contributed by atoms with van der Waals surface area (Å²) in [4.78, 5) is 27.6. The average molecular weight is 412 g/mol. The van der Waals surface area contributed by atoms with Gasteiger partial charge in [0.15, 0.2) is 0 Å². The van der Waals surface area contributed by atoms with Crippen molar-refractivity contribution in [3.05, 3.63) is 46.6 Å². The van der Waals surface area contributed by atoms with Gasteiger partial charge in [0.2, 0.25) is 5.91 Å². The van der Waals surface area contributed by atoms with E-state index in [2.05, 4.69) is 19.9 Å². The molecule has 1 aliphatic heterocycles. The van der Waals surface area contributed by atoms with Crippen molar-refractivity contribution in [3.8, 4) is 0 Å². The molecule has 1 aromatic rings. The van der Waals surface area contributed by atoms with Crippen molar-refractivity contribution < 1.29 is 9.59 Å². The van der Waals surface area contributed by atoms with E-state index in [1.54, 1.807) is 0 Å². The van der Waals surface area contributed by atoms with Crippen LogP contribution in [0.3, 0.4) is 0 Å². The summed E-state index contributed by atoms with van der Waals surface area (Å²) in [5.41, 5.74) is 2.29. The topological polar surface area (TPSA) is 37.4 Å². The number of hydrogen-bond acceptors (Lipinski definition) is 2. The first-order valence-electron chi connectivity index (χ1n) is 11.1. The first-order valence-corrected chi connectivity index (χ1v) is 11.5. The predicted octanol–water partition coefficient (Wildman–Crippen LogP) is 5.77. The quantitative estimate of drug-likeness (QED) is 0.619. The van der Waals surface area contributed by atoms with Gasteiger partial charge in [0.1, 0.15) is 5.78 Å². The number of carbonyl (C=O) groups excluding carboxylic acids is 2. The van der Waals surface area contributed by atoms with E-state index < -0.39 is 0 Å². The van der Waals surface area contributed by atoms with Crippen LogP contribution in [0, 0.1) is 28.6 Å². The SMILES string of the molecule is C[C@]12CCC(=O)N(Cc3ccc(Cl)cc3)C1=CC[C@@H]1[C@@H]2CC[C@]2(C)C(=O)CC[C@@H]12. The van der Waals surface area contributed by atoms with E-state index in [0.29, 0.717) is 36.5 Å². The molecule has 0 unspecified atom stereocenters. The van der Waals surface area contributed by atoms with Crippen molar-refractivity contribution in [2.75, 3.05) is 0 Å². The van der Waals surface area contributed by atoms with Gasteiger partial charge in [-0.05, 0) is 67.6 Å². The number of nitrogens with zero attached hydrogens (tertiary/aromatic N) is 1. The number of fused-ring (bicyclic) bond motifs is 5. The van der Waals surface area contributed by atoms with Crippen molar-refractivity contribution in [3.63, 3.8) is 0 Å². The van der Waals surface area contributed by atoms with Crippen molar-refractivity contribution in [1.29, 1.82) is 0 Å². The van der Waals surface area contributed by atoms with Crippen LogP contribution < -0.4 is 0 Å². The molecule has 3 nitrogen and oxygen atoms in total. The number of hydrogen-bond donors (Lipinski definition) is 0. The lowest BCUT2D eigenvalue weighted by atomic mass is 9.50. The molecule has 3 aliphatic carbocycles. The third-order valence-electron chi connectivity index (χ3n) is 8.84. The Bertz CT molecular complexity index is 891. The second kappa shape index (κ2) is 6.70. The molecule has 4 aliphatic rings. The van der Waals surface area contributed by atoms with Crippen LogP contribution in [0.5, 0.6) is 0 Å². The molecule has 154 valence electrons. The third kappa shape index (κ3) is 2.84. The minimum absolute atomic E-state index is 0.0379. The number of likely N-dealkylation sites (tertiary alicyclic amines) is 1. The standard InChI is InChI=1S/C25H30ClNO2/c1-24-14-12-23(29)27(15-16-3-5-17(26)6-4-16)21(24)9-7-18-19-8-10-22(28)25(19,2)13-11-20(18)24/h3-6,9,18-20H,7-8,10-15H2,1-2H3/t18-,19-,20-,24+,25-/m0/s1. The van der Waals surface area contributed by atoms with E-state index in [4.69, 9.17) is 11.6 Å². The van der Waals surface area contributed by atoms with Crippen LogP contribution in [0.25, 0.3) is 0 Å². The lowest BCUT2D eigenvalue weighted by molar-refractivity contribution is -0.139. The number of benzene rings is 1.